The number of carbonyl (C=O) groups excluding carboxylic acids is 1. The van der Waals surface area contributed by atoms with E-state index in [0.29, 0.717) is 0 Å². The molecule has 0 bridgehead atoms. The molecule has 1 atom stereocenters. The lowest BCUT2D eigenvalue weighted by Crippen LogP contribution is -2.38. The van der Waals surface area contributed by atoms with Crippen molar-refractivity contribution in [2.24, 2.45) is 0 Å². The van der Waals surface area contributed by atoms with Crippen LogP contribution in [0.4, 0.5) is 16.2 Å². The number of anilines is 1. The van der Waals surface area contributed by atoms with Crippen molar-refractivity contribution in [3.8, 4) is 0 Å². The average Bonchev–Trinajstić information content (AvgIpc) is 2.37. The van der Waals surface area contributed by atoms with Crippen molar-refractivity contribution in [2.45, 2.75) is 13.0 Å². The number of aliphatic hydroxyl groups excluding tert-OH is 1. The van der Waals surface area contributed by atoms with E-state index >= 15 is 0 Å². The van der Waals surface area contributed by atoms with Crippen LogP contribution in [0.15, 0.2) is 18.2 Å². The molecule has 9 nitrogen and oxygen atoms in total. The standard InChI is InChI=1S/C11H13N3O6/c1-6-7(3-2-4-8(6)14(19)20)13-11(18)12-5-9(15)10(16)17/h2-4,9,15H,5H2,1H3,(H,16,17)(H2,12,13,18). The molecule has 0 radical (unpaired) electrons. The van der Waals surface area contributed by atoms with Gasteiger partial charge in [0.2, 0.25) is 0 Å². The third-order valence-electron chi connectivity index (χ3n) is 2.49. The molecule has 108 valence electrons. The third-order valence-corrected chi connectivity index (χ3v) is 2.49. The Morgan fingerprint density at radius 1 is 1.45 bits per heavy atom. The maximum Gasteiger partial charge on any atom is 0.334 e. The van der Waals surface area contributed by atoms with Crippen molar-refractivity contribution >= 4 is 23.4 Å². The van der Waals surface area contributed by atoms with Gasteiger partial charge in [0.05, 0.1) is 22.7 Å². The van der Waals surface area contributed by atoms with Crippen molar-refractivity contribution in [3.63, 3.8) is 0 Å². The van der Waals surface area contributed by atoms with Crippen molar-refractivity contribution < 1.29 is 24.7 Å². The van der Waals surface area contributed by atoms with E-state index in [0.717, 1.165) is 0 Å². The molecule has 1 aromatic carbocycles. The minimum atomic E-state index is -1.72. The normalized spacial score (nSPS) is 11.5. The minimum absolute atomic E-state index is 0.145. The van der Waals surface area contributed by atoms with Gasteiger partial charge in [-0.15, -0.1) is 0 Å². The molecule has 0 aliphatic heterocycles. The van der Waals surface area contributed by atoms with E-state index in [1.807, 2.05) is 0 Å². The van der Waals surface area contributed by atoms with Crippen LogP contribution >= 0.6 is 0 Å². The second-order valence-corrected chi connectivity index (χ2v) is 3.90. The monoisotopic (exact) mass is 283 g/mol. The summed E-state index contributed by atoms with van der Waals surface area (Å²) in [7, 11) is 0. The summed E-state index contributed by atoms with van der Waals surface area (Å²) < 4.78 is 0. The highest BCUT2D eigenvalue weighted by Crippen LogP contribution is 2.24. The summed E-state index contributed by atoms with van der Waals surface area (Å²) in [5.74, 6) is -1.46. The molecule has 9 heteroatoms. The molecule has 0 heterocycles. The number of nitrogens with zero attached hydrogens (tertiary/aromatic N) is 1. The zero-order valence-electron chi connectivity index (χ0n) is 10.5. The number of urea groups is 1. The number of hydrogen-bond acceptors (Lipinski definition) is 5. The fraction of sp³-hybridized carbons (Fsp3) is 0.273. The molecule has 0 saturated heterocycles. The van der Waals surface area contributed by atoms with Gasteiger partial charge in [0, 0.05) is 6.07 Å². The topological polar surface area (TPSA) is 142 Å². The van der Waals surface area contributed by atoms with Crippen LogP contribution < -0.4 is 10.6 Å². The third kappa shape index (κ3) is 3.92. The molecule has 0 aliphatic rings. The first-order chi connectivity index (χ1) is 9.32. The maximum atomic E-state index is 11.5. The molecule has 1 rings (SSSR count). The fourth-order valence-corrected chi connectivity index (χ4v) is 1.40. The van der Waals surface area contributed by atoms with Crippen molar-refractivity contribution in [1.29, 1.82) is 0 Å². The van der Waals surface area contributed by atoms with Crippen LogP contribution in [-0.2, 0) is 4.79 Å². The number of amides is 2. The van der Waals surface area contributed by atoms with Crippen LogP contribution in [0.3, 0.4) is 0 Å². The lowest BCUT2D eigenvalue weighted by Gasteiger charge is -2.11. The Morgan fingerprint density at radius 3 is 2.65 bits per heavy atom. The second kappa shape index (κ2) is 6.48. The quantitative estimate of drug-likeness (QED) is 0.457. The molecule has 0 aromatic heterocycles. The number of carboxylic acid groups (broad SMARTS) is 1. The maximum absolute atomic E-state index is 11.5. The average molecular weight is 283 g/mol. The van der Waals surface area contributed by atoms with Gasteiger partial charge in [-0.1, -0.05) is 6.07 Å². The molecule has 1 aromatic rings. The van der Waals surface area contributed by atoms with Crippen molar-refractivity contribution in [3.05, 3.63) is 33.9 Å². The Morgan fingerprint density at radius 2 is 2.10 bits per heavy atom. The number of nitro groups is 1. The Bertz CT molecular complexity index is 545. The van der Waals surface area contributed by atoms with Gasteiger partial charge in [-0.3, -0.25) is 10.1 Å². The highest BCUT2D eigenvalue weighted by Gasteiger charge is 2.16. The van der Waals surface area contributed by atoms with Crippen LogP contribution in [0, 0.1) is 17.0 Å². The van der Waals surface area contributed by atoms with Gasteiger partial charge in [-0.25, -0.2) is 9.59 Å². The van der Waals surface area contributed by atoms with Gasteiger partial charge < -0.3 is 20.8 Å². The van der Waals surface area contributed by atoms with E-state index in [9.17, 15) is 19.7 Å². The zero-order chi connectivity index (χ0) is 15.3. The second-order valence-electron chi connectivity index (χ2n) is 3.90. The number of nitro benzene ring substituents is 1. The summed E-state index contributed by atoms with van der Waals surface area (Å²) >= 11 is 0. The van der Waals surface area contributed by atoms with Crippen LogP contribution in [0.5, 0.6) is 0 Å². The van der Waals surface area contributed by atoms with Gasteiger partial charge >= 0.3 is 12.0 Å². The number of carbonyl (C=O) groups is 2. The summed E-state index contributed by atoms with van der Waals surface area (Å²) in [5, 5.41) is 32.6. The molecule has 4 N–H and O–H groups in total. The van der Waals surface area contributed by atoms with E-state index in [4.69, 9.17) is 10.2 Å². The molecule has 0 aliphatic carbocycles. The van der Waals surface area contributed by atoms with E-state index < -0.39 is 29.6 Å². The van der Waals surface area contributed by atoms with Crippen LogP contribution in [-0.4, -0.2) is 39.8 Å². The largest absolute Gasteiger partial charge is 0.479 e. The van der Waals surface area contributed by atoms with Gasteiger partial charge in [-0.2, -0.15) is 0 Å². The Kier molecular flexibility index (Phi) is 4.98. The van der Waals surface area contributed by atoms with Gasteiger partial charge in [-0.05, 0) is 13.0 Å². The summed E-state index contributed by atoms with van der Waals surface area (Å²) in [6, 6.07) is 3.41. The molecule has 1 unspecified atom stereocenters. The van der Waals surface area contributed by atoms with Gasteiger partial charge in [0.25, 0.3) is 5.69 Å². The number of aliphatic carboxylic acids is 1. The lowest BCUT2D eigenvalue weighted by molar-refractivity contribution is -0.385. The van der Waals surface area contributed by atoms with Crippen LogP contribution in [0.2, 0.25) is 0 Å². The summed E-state index contributed by atoms with van der Waals surface area (Å²) in [4.78, 5) is 32.0. The fourth-order valence-electron chi connectivity index (χ4n) is 1.40. The molecule has 2 amide bonds. The first kappa shape index (κ1) is 15.4. The predicted molar refractivity (Wildman–Crippen MR) is 68.5 cm³/mol. The SMILES string of the molecule is Cc1c(NC(=O)NCC(O)C(=O)O)cccc1[N+](=O)[O-]. The Balaban J connectivity index is 2.69. The predicted octanol–water partition coefficient (Wildman–Crippen LogP) is 0.470. The number of carboxylic acids is 1. The number of nitrogens with one attached hydrogen (secondary N) is 2. The van der Waals surface area contributed by atoms with Crippen molar-refractivity contribution in [1.82, 2.24) is 5.32 Å². The van der Waals surface area contributed by atoms with Crippen LogP contribution in [0.25, 0.3) is 0 Å². The molecular weight excluding hydrogens is 270 g/mol. The number of hydrogen-bond donors (Lipinski definition) is 4. The van der Waals surface area contributed by atoms with Gasteiger partial charge in [0.1, 0.15) is 0 Å². The van der Waals surface area contributed by atoms with Gasteiger partial charge in [0.15, 0.2) is 6.10 Å². The van der Waals surface area contributed by atoms with Crippen LogP contribution in [0.1, 0.15) is 5.56 Å². The van der Waals surface area contributed by atoms with E-state index in [2.05, 4.69) is 10.6 Å². The number of rotatable bonds is 5. The first-order valence-corrected chi connectivity index (χ1v) is 5.52. The van der Waals surface area contributed by atoms with E-state index in [1.165, 1.54) is 25.1 Å². The zero-order valence-corrected chi connectivity index (χ0v) is 10.5. The number of benzene rings is 1. The number of aliphatic hydroxyl groups is 1. The highest BCUT2D eigenvalue weighted by atomic mass is 16.6. The summed E-state index contributed by atoms with van der Waals surface area (Å²) in [5.41, 5.74) is 0.348. The van der Waals surface area contributed by atoms with E-state index in [1.54, 1.807) is 0 Å². The first-order valence-electron chi connectivity index (χ1n) is 5.52. The Hall–Kier alpha value is -2.68. The summed E-state index contributed by atoms with van der Waals surface area (Å²) in [6.07, 6.45) is -1.72. The smallest absolute Gasteiger partial charge is 0.334 e. The highest BCUT2D eigenvalue weighted by molar-refractivity contribution is 5.91. The molecule has 0 saturated carbocycles. The molecular formula is C11H13N3O6. The van der Waals surface area contributed by atoms with Crippen molar-refractivity contribution in [2.75, 3.05) is 11.9 Å². The Labute approximate surface area is 113 Å². The van der Waals surface area contributed by atoms with E-state index in [-0.39, 0.29) is 16.9 Å². The molecule has 0 fully saturated rings. The minimum Gasteiger partial charge on any atom is -0.479 e. The molecule has 0 spiro atoms. The lowest BCUT2D eigenvalue weighted by atomic mass is 10.1. The molecule has 20 heavy (non-hydrogen) atoms. The summed E-state index contributed by atoms with van der Waals surface area (Å²) in [6.45, 7) is 0.995.